The zero-order valence-electron chi connectivity index (χ0n) is 14.8. The largest absolute Gasteiger partial charge is 0.454 e. The Morgan fingerprint density at radius 2 is 1.85 bits per heavy atom. The highest BCUT2D eigenvalue weighted by Crippen LogP contribution is 2.31. The molecule has 0 aliphatic rings. The van der Waals surface area contributed by atoms with E-state index in [-0.39, 0.29) is 5.43 Å². The lowest BCUT2D eigenvalue weighted by Gasteiger charge is -2.03. The van der Waals surface area contributed by atoms with E-state index in [2.05, 4.69) is 4.40 Å². The third-order valence-electron chi connectivity index (χ3n) is 4.88. The highest BCUT2D eigenvalue weighted by molar-refractivity contribution is 6.04. The number of para-hydroxylation sites is 1. The van der Waals surface area contributed by atoms with Crippen LogP contribution in [-0.4, -0.2) is 10.4 Å². The molecular formula is C22H15NO4. The number of fused-ring (bicyclic) bond motifs is 6. The van der Waals surface area contributed by atoms with Crippen LogP contribution in [0.2, 0.25) is 0 Å². The quantitative estimate of drug-likeness (QED) is 0.325. The smallest absolute Gasteiger partial charge is 0.308 e. The molecule has 0 unspecified atom stereocenters. The number of benzene rings is 2. The van der Waals surface area contributed by atoms with Crippen LogP contribution in [0.5, 0.6) is 5.75 Å². The molecule has 5 aromatic rings. The van der Waals surface area contributed by atoms with Crippen LogP contribution in [0.3, 0.4) is 0 Å². The standard InChI is InChI=1S/C22H15NO4/c1-12-22-20(18-10-7-14-5-3-4-6-17(14)23(12)18)21(25)16-9-8-15(26-13(2)24)11-19(16)27-22/h3-11H,1-2H3. The van der Waals surface area contributed by atoms with E-state index in [0.29, 0.717) is 27.7 Å². The minimum absolute atomic E-state index is 0.0958. The van der Waals surface area contributed by atoms with Gasteiger partial charge in [-0.15, -0.1) is 0 Å². The summed E-state index contributed by atoms with van der Waals surface area (Å²) in [5, 5.41) is 2.10. The zero-order valence-corrected chi connectivity index (χ0v) is 14.8. The first-order valence-electron chi connectivity index (χ1n) is 8.62. The summed E-state index contributed by atoms with van der Waals surface area (Å²) in [6.45, 7) is 3.27. The average molecular weight is 357 g/mol. The predicted octanol–water partition coefficient (Wildman–Crippen LogP) is 4.59. The van der Waals surface area contributed by atoms with Crippen LogP contribution in [0.25, 0.3) is 38.4 Å². The topological polar surface area (TPSA) is 60.9 Å². The van der Waals surface area contributed by atoms with Crippen LogP contribution in [0.15, 0.2) is 63.8 Å². The lowest BCUT2D eigenvalue weighted by molar-refractivity contribution is -0.131. The van der Waals surface area contributed by atoms with Crippen molar-refractivity contribution >= 4 is 44.3 Å². The van der Waals surface area contributed by atoms with Crippen molar-refractivity contribution in [2.45, 2.75) is 13.8 Å². The van der Waals surface area contributed by atoms with E-state index in [4.69, 9.17) is 9.15 Å². The fraction of sp³-hybridized carbons (Fsp3) is 0.0909. The van der Waals surface area contributed by atoms with Crippen molar-refractivity contribution in [3.8, 4) is 5.75 Å². The van der Waals surface area contributed by atoms with E-state index in [1.54, 1.807) is 18.2 Å². The van der Waals surface area contributed by atoms with Crippen molar-refractivity contribution in [2.24, 2.45) is 0 Å². The molecule has 5 heteroatoms. The summed E-state index contributed by atoms with van der Waals surface area (Å²) in [5.41, 5.74) is 3.54. The van der Waals surface area contributed by atoms with Gasteiger partial charge in [0.1, 0.15) is 11.3 Å². The van der Waals surface area contributed by atoms with Crippen LogP contribution < -0.4 is 10.2 Å². The number of nitrogens with zero attached hydrogens (tertiary/aromatic N) is 1. The molecule has 0 aliphatic heterocycles. The van der Waals surface area contributed by atoms with Crippen LogP contribution >= 0.6 is 0 Å². The van der Waals surface area contributed by atoms with Crippen LogP contribution in [-0.2, 0) is 4.79 Å². The second-order valence-corrected chi connectivity index (χ2v) is 6.59. The van der Waals surface area contributed by atoms with Gasteiger partial charge in [0, 0.05) is 13.0 Å². The normalized spacial score (nSPS) is 11.6. The number of esters is 1. The third-order valence-corrected chi connectivity index (χ3v) is 4.88. The lowest BCUT2D eigenvalue weighted by atomic mass is 10.1. The molecule has 0 N–H and O–H groups in total. The lowest BCUT2D eigenvalue weighted by Crippen LogP contribution is -2.04. The van der Waals surface area contributed by atoms with Crippen molar-refractivity contribution in [3.63, 3.8) is 0 Å². The highest BCUT2D eigenvalue weighted by Gasteiger charge is 2.18. The Kier molecular flexibility index (Phi) is 3.15. The van der Waals surface area contributed by atoms with Gasteiger partial charge in [0.25, 0.3) is 0 Å². The summed E-state index contributed by atoms with van der Waals surface area (Å²) in [6.07, 6.45) is 0. The first-order valence-corrected chi connectivity index (χ1v) is 8.62. The van der Waals surface area contributed by atoms with Gasteiger partial charge in [-0.2, -0.15) is 0 Å². The van der Waals surface area contributed by atoms with Gasteiger partial charge in [0.05, 0.1) is 27.5 Å². The summed E-state index contributed by atoms with van der Waals surface area (Å²) < 4.78 is 13.3. The number of aryl methyl sites for hydroxylation is 1. The Bertz CT molecular complexity index is 1460. The molecule has 0 saturated heterocycles. The molecule has 0 radical (unpaired) electrons. The van der Waals surface area contributed by atoms with Crippen molar-refractivity contribution in [1.29, 1.82) is 0 Å². The molecule has 0 amide bonds. The molecule has 0 saturated carbocycles. The fourth-order valence-electron chi connectivity index (χ4n) is 3.75. The molecule has 0 spiro atoms. The summed E-state index contributed by atoms with van der Waals surface area (Å²) in [6, 6.07) is 16.8. The first-order chi connectivity index (χ1) is 13.0. The molecule has 132 valence electrons. The molecule has 27 heavy (non-hydrogen) atoms. The number of rotatable bonds is 1. The minimum Gasteiger partial charge on any atom is -0.454 e. The van der Waals surface area contributed by atoms with Gasteiger partial charge in [0.15, 0.2) is 5.58 Å². The van der Waals surface area contributed by atoms with Crippen LogP contribution in [0.4, 0.5) is 0 Å². The minimum atomic E-state index is -0.421. The Balaban J connectivity index is 1.95. The second kappa shape index (κ2) is 5.45. The summed E-state index contributed by atoms with van der Waals surface area (Å²) in [7, 11) is 0. The van der Waals surface area contributed by atoms with E-state index in [1.165, 1.54) is 6.92 Å². The van der Waals surface area contributed by atoms with Gasteiger partial charge in [-0.3, -0.25) is 9.59 Å². The number of carbonyl (C=O) groups excluding carboxylic acids is 1. The zero-order chi connectivity index (χ0) is 18.7. The van der Waals surface area contributed by atoms with Crippen molar-refractivity contribution in [1.82, 2.24) is 4.40 Å². The number of hydrogen-bond acceptors (Lipinski definition) is 4. The molecule has 0 fully saturated rings. The van der Waals surface area contributed by atoms with Crippen molar-refractivity contribution in [3.05, 3.63) is 70.5 Å². The van der Waals surface area contributed by atoms with Gasteiger partial charge >= 0.3 is 5.97 Å². The molecule has 0 aliphatic carbocycles. The molecule has 5 rings (SSSR count). The van der Waals surface area contributed by atoms with E-state index in [1.807, 2.05) is 43.3 Å². The monoisotopic (exact) mass is 357 g/mol. The van der Waals surface area contributed by atoms with E-state index in [0.717, 1.165) is 22.1 Å². The van der Waals surface area contributed by atoms with Crippen LogP contribution in [0, 0.1) is 6.92 Å². The number of carbonyl (C=O) groups is 1. The van der Waals surface area contributed by atoms with Crippen molar-refractivity contribution in [2.75, 3.05) is 0 Å². The number of hydrogen-bond donors (Lipinski definition) is 0. The number of pyridine rings is 1. The van der Waals surface area contributed by atoms with E-state index in [9.17, 15) is 9.59 Å². The Morgan fingerprint density at radius 3 is 2.67 bits per heavy atom. The molecule has 2 aromatic carbocycles. The summed E-state index contributed by atoms with van der Waals surface area (Å²) >= 11 is 0. The van der Waals surface area contributed by atoms with Gasteiger partial charge < -0.3 is 13.6 Å². The van der Waals surface area contributed by atoms with Gasteiger partial charge in [0.2, 0.25) is 5.43 Å². The maximum atomic E-state index is 13.2. The van der Waals surface area contributed by atoms with Crippen LogP contribution in [0.1, 0.15) is 12.6 Å². The Morgan fingerprint density at radius 1 is 1.04 bits per heavy atom. The summed E-state index contributed by atoms with van der Waals surface area (Å²) in [5.74, 6) is -0.0700. The fourth-order valence-corrected chi connectivity index (χ4v) is 3.75. The van der Waals surface area contributed by atoms with Gasteiger partial charge in [-0.25, -0.2) is 0 Å². The molecule has 3 heterocycles. The Hall–Kier alpha value is -3.60. The maximum Gasteiger partial charge on any atom is 0.308 e. The highest BCUT2D eigenvalue weighted by atomic mass is 16.5. The maximum absolute atomic E-state index is 13.2. The molecule has 0 bridgehead atoms. The molecule has 5 nitrogen and oxygen atoms in total. The van der Waals surface area contributed by atoms with Crippen molar-refractivity contribution < 1.29 is 13.9 Å². The number of ether oxygens (including phenoxy) is 1. The second-order valence-electron chi connectivity index (χ2n) is 6.59. The Labute approximate surface area is 153 Å². The predicted molar refractivity (Wildman–Crippen MR) is 104 cm³/mol. The van der Waals surface area contributed by atoms with Gasteiger partial charge in [-0.1, -0.05) is 24.3 Å². The number of aromatic nitrogens is 1. The molecule has 3 aromatic heterocycles. The van der Waals surface area contributed by atoms with E-state index >= 15 is 0 Å². The third kappa shape index (κ3) is 2.18. The van der Waals surface area contributed by atoms with E-state index < -0.39 is 5.97 Å². The SMILES string of the molecule is CC(=O)Oc1ccc2c(=O)c3c(oc2c1)c(C)n1c2ccccc2ccc31. The molecule has 0 atom stereocenters. The summed E-state index contributed by atoms with van der Waals surface area (Å²) in [4.78, 5) is 24.4. The average Bonchev–Trinajstić information content (AvgIpc) is 2.94. The molecular weight excluding hydrogens is 342 g/mol. The van der Waals surface area contributed by atoms with Gasteiger partial charge in [-0.05, 0) is 36.6 Å². The first kappa shape index (κ1) is 15.6.